The summed E-state index contributed by atoms with van der Waals surface area (Å²) in [6.45, 7) is 2.94. The third kappa shape index (κ3) is 7.19. The van der Waals surface area contributed by atoms with E-state index in [1.54, 1.807) is 47.9 Å². The molecule has 250 valence electrons. The Balaban J connectivity index is 1.29. The molecule has 3 heterocycles. The number of nitrogens with zero attached hydrogens (tertiary/aromatic N) is 4. The number of carbonyl (C=O) groups is 1. The molecule has 5 aromatic rings. The normalized spacial score (nSPS) is 16.2. The van der Waals surface area contributed by atoms with Crippen LogP contribution in [0.3, 0.4) is 0 Å². The van der Waals surface area contributed by atoms with Crippen LogP contribution >= 0.6 is 0 Å². The number of aryl methyl sites for hydroxylation is 1. The SMILES string of the molecule is CC(=O)N1C[C@H](F)C[C@@H]1Cn1c(Cc2cc(F)c(-c3cccc(OCc4ccc(C)cc4F)n3)cc2F)nc2ccc(COCO)cc21. The largest absolute Gasteiger partial charge is 0.473 e. The molecular formula is C36H34F4N4O4. The smallest absolute Gasteiger partial charge is 0.219 e. The minimum Gasteiger partial charge on any atom is -0.473 e. The van der Waals surface area contributed by atoms with Gasteiger partial charge in [0.15, 0.2) is 0 Å². The fourth-order valence-corrected chi connectivity index (χ4v) is 6.10. The van der Waals surface area contributed by atoms with E-state index in [2.05, 4.69) is 4.98 Å². The second-order valence-electron chi connectivity index (χ2n) is 11.9. The lowest BCUT2D eigenvalue weighted by molar-refractivity contribution is -0.130. The lowest BCUT2D eigenvalue weighted by atomic mass is 10.0. The number of fused-ring (bicyclic) bond motifs is 1. The van der Waals surface area contributed by atoms with Gasteiger partial charge in [-0.1, -0.05) is 24.3 Å². The van der Waals surface area contributed by atoms with Crippen LogP contribution in [0.5, 0.6) is 5.88 Å². The second-order valence-corrected chi connectivity index (χ2v) is 11.9. The predicted octanol–water partition coefficient (Wildman–Crippen LogP) is 6.42. The minimum absolute atomic E-state index is 0.0119. The molecule has 6 rings (SSSR count). The van der Waals surface area contributed by atoms with Crippen molar-refractivity contribution in [2.24, 2.45) is 0 Å². The van der Waals surface area contributed by atoms with Gasteiger partial charge in [-0.15, -0.1) is 0 Å². The standard InChI is InChI=1S/C36H34F4N4O4/c1-21-6-8-24(29(38)10-21)19-48-36-5-3-4-32(42-36)28-15-30(39)25(12-31(28)40)13-35-41-33-9-7-23(18-47-20-45)11-34(33)44(35)17-27-14-26(37)16-43(27)22(2)46/h3-12,15,26-27,45H,13-14,16-20H2,1-2H3/t26-,27-/m1/s1. The Morgan fingerprint density at radius 1 is 0.958 bits per heavy atom. The Bertz CT molecular complexity index is 1970. The van der Waals surface area contributed by atoms with E-state index in [4.69, 9.17) is 19.6 Å². The molecular weight excluding hydrogens is 628 g/mol. The van der Waals surface area contributed by atoms with E-state index in [-0.39, 0.29) is 67.8 Å². The topological polar surface area (TPSA) is 89.7 Å². The molecule has 0 aliphatic carbocycles. The van der Waals surface area contributed by atoms with Gasteiger partial charge in [-0.05, 0) is 60.0 Å². The summed E-state index contributed by atoms with van der Waals surface area (Å²) in [5.41, 5.74) is 3.17. The third-order valence-electron chi connectivity index (χ3n) is 8.48. The fourth-order valence-electron chi connectivity index (χ4n) is 6.10. The number of hydrogen-bond donors (Lipinski definition) is 1. The van der Waals surface area contributed by atoms with Crippen molar-refractivity contribution in [1.29, 1.82) is 0 Å². The van der Waals surface area contributed by atoms with Gasteiger partial charge in [0.25, 0.3) is 0 Å². The highest BCUT2D eigenvalue weighted by Crippen LogP contribution is 2.30. The molecule has 48 heavy (non-hydrogen) atoms. The fraction of sp³-hybridized carbons (Fsp3) is 0.306. The van der Waals surface area contributed by atoms with Crippen LogP contribution in [-0.2, 0) is 35.7 Å². The highest BCUT2D eigenvalue weighted by Gasteiger charge is 2.34. The molecule has 12 heteroatoms. The number of ether oxygens (including phenoxy) is 2. The van der Waals surface area contributed by atoms with E-state index in [0.717, 1.165) is 23.3 Å². The average Bonchev–Trinajstić information content (AvgIpc) is 3.60. The number of benzene rings is 3. The van der Waals surface area contributed by atoms with Crippen molar-refractivity contribution >= 4 is 16.9 Å². The Labute approximate surface area is 274 Å². The van der Waals surface area contributed by atoms with Gasteiger partial charge in [0.2, 0.25) is 11.8 Å². The van der Waals surface area contributed by atoms with Crippen LogP contribution in [-0.4, -0.2) is 56.0 Å². The zero-order valence-electron chi connectivity index (χ0n) is 26.4. The van der Waals surface area contributed by atoms with Crippen LogP contribution in [0, 0.1) is 24.4 Å². The third-order valence-corrected chi connectivity index (χ3v) is 8.48. The highest BCUT2D eigenvalue weighted by atomic mass is 19.1. The molecule has 1 amide bonds. The molecule has 0 saturated carbocycles. The molecule has 1 N–H and O–H groups in total. The molecule has 1 aliphatic rings. The van der Waals surface area contributed by atoms with Crippen LogP contribution in [0.4, 0.5) is 17.6 Å². The number of aromatic nitrogens is 3. The molecule has 2 aromatic heterocycles. The van der Waals surface area contributed by atoms with Crippen LogP contribution in [0.15, 0.2) is 66.7 Å². The van der Waals surface area contributed by atoms with Gasteiger partial charge in [-0.3, -0.25) is 4.79 Å². The van der Waals surface area contributed by atoms with E-state index in [1.165, 1.54) is 24.0 Å². The molecule has 1 aliphatic heterocycles. The minimum atomic E-state index is -1.17. The molecule has 8 nitrogen and oxygen atoms in total. The van der Waals surface area contributed by atoms with Crippen molar-refractivity contribution in [2.75, 3.05) is 13.3 Å². The summed E-state index contributed by atoms with van der Waals surface area (Å²) in [5, 5.41) is 9.10. The van der Waals surface area contributed by atoms with Crippen molar-refractivity contribution in [3.63, 3.8) is 0 Å². The number of halogens is 4. The maximum atomic E-state index is 15.7. The van der Waals surface area contributed by atoms with Gasteiger partial charge in [-0.25, -0.2) is 27.5 Å². The Morgan fingerprint density at radius 2 is 1.77 bits per heavy atom. The first kappa shape index (κ1) is 33.1. The molecule has 2 atom stereocenters. The number of alkyl halides is 1. The van der Waals surface area contributed by atoms with Crippen molar-refractivity contribution in [2.45, 2.75) is 58.7 Å². The molecule has 0 spiro atoms. The van der Waals surface area contributed by atoms with Gasteiger partial charge in [0.1, 0.15) is 42.8 Å². The van der Waals surface area contributed by atoms with Crippen LogP contribution in [0.25, 0.3) is 22.3 Å². The average molecular weight is 663 g/mol. The lowest BCUT2D eigenvalue weighted by Gasteiger charge is -2.24. The zero-order chi connectivity index (χ0) is 33.9. The van der Waals surface area contributed by atoms with Crippen molar-refractivity contribution in [3.05, 3.63) is 112 Å². The van der Waals surface area contributed by atoms with Gasteiger partial charge in [-0.2, -0.15) is 0 Å². The van der Waals surface area contributed by atoms with Crippen LogP contribution in [0.2, 0.25) is 0 Å². The number of aliphatic hydroxyl groups excluding tert-OH is 1. The molecule has 1 fully saturated rings. The number of carbonyl (C=O) groups excluding carboxylic acids is 1. The predicted molar refractivity (Wildman–Crippen MR) is 170 cm³/mol. The van der Waals surface area contributed by atoms with E-state index in [9.17, 15) is 13.6 Å². The number of aliphatic hydroxyl groups is 1. The molecule has 0 unspecified atom stereocenters. The Morgan fingerprint density at radius 3 is 2.54 bits per heavy atom. The first-order valence-electron chi connectivity index (χ1n) is 15.5. The number of pyridine rings is 1. The first-order valence-corrected chi connectivity index (χ1v) is 15.5. The van der Waals surface area contributed by atoms with Crippen molar-refractivity contribution < 1.29 is 36.9 Å². The molecule has 0 radical (unpaired) electrons. The van der Waals surface area contributed by atoms with Gasteiger partial charge >= 0.3 is 0 Å². The maximum absolute atomic E-state index is 15.7. The summed E-state index contributed by atoms with van der Waals surface area (Å²) in [7, 11) is 0. The maximum Gasteiger partial charge on any atom is 0.219 e. The second kappa shape index (κ2) is 14.1. The van der Waals surface area contributed by atoms with Crippen molar-refractivity contribution in [1.82, 2.24) is 19.4 Å². The van der Waals surface area contributed by atoms with Gasteiger partial charge < -0.3 is 24.0 Å². The van der Waals surface area contributed by atoms with Crippen LogP contribution < -0.4 is 4.74 Å². The Hall–Kier alpha value is -4.81. The summed E-state index contributed by atoms with van der Waals surface area (Å²) >= 11 is 0. The number of imidazole rings is 1. The van der Waals surface area contributed by atoms with E-state index < -0.39 is 36.5 Å². The molecule has 0 bridgehead atoms. The number of likely N-dealkylation sites (tertiary alicyclic amines) is 1. The summed E-state index contributed by atoms with van der Waals surface area (Å²) in [5.74, 6) is -1.55. The van der Waals surface area contributed by atoms with E-state index >= 15 is 8.78 Å². The molecule has 1 saturated heterocycles. The quantitative estimate of drug-likeness (QED) is 0.130. The lowest BCUT2D eigenvalue weighted by Crippen LogP contribution is -2.37. The van der Waals surface area contributed by atoms with E-state index in [1.807, 2.05) is 6.07 Å². The first-order chi connectivity index (χ1) is 23.1. The number of hydrogen-bond acceptors (Lipinski definition) is 6. The Kier molecular flexibility index (Phi) is 9.74. The number of amides is 1. The summed E-state index contributed by atoms with van der Waals surface area (Å²) in [6, 6.07) is 16.5. The van der Waals surface area contributed by atoms with Gasteiger partial charge in [0.05, 0.1) is 35.9 Å². The zero-order valence-corrected chi connectivity index (χ0v) is 26.4. The van der Waals surface area contributed by atoms with Gasteiger partial charge in [0, 0.05) is 43.5 Å². The van der Waals surface area contributed by atoms with Crippen molar-refractivity contribution in [3.8, 4) is 17.1 Å². The molecule has 3 aromatic carbocycles. The highest BCUT2D eigenvalue weighted by molar-refractivity contribution is 5.77. The number of rotatable bonds is 11. The van der Waals surface area contributed by atoms with E-state index in [0.29, 0.717) is 22.4 Å². The monoisotopic (exact) mass is 662 g/mol. The summed E-state index contributed by atoms with van der Waals surface area (Å²) in [6.07, 6.45) is -1.13. The summed E-state index contributed by atoms with van der Waals surface area (Å²) < 4.78 is 72.7. The van der Waals surface area contributed by atoms with Crippen LogP contribution in [0.1, 0.15) is 41.4 Å². The summed E-state index contributed by atoms with van der Waals surface area (Å²) in [4.78, 5) is 22.8.